The number of pyridine rings is 1. The summed E-state index contributed by atoms with van der Waals surface area (Å²) in [4.78, 5) is 4.63. The van der Waals surface area contributed by atoms with Gasteiger partial charge in [0, 0.05) is 5.69 Å². The van der Waals surface area contributed by atoms with Crippen LogP contribution in [0.15, 0.2) is 18.2 Å². The van der Waals surface area contributed by atoms with E-state index in [1.807, 2.05) is 13.0 Å². The Balaban J connectivity index is 2.17. The molecular formula is C15H25N3. The van der Waals surface area contributed by atoms with Gasteiger partial charge >= 0.3 is 0 Å². The average Bonchev–Trinajstić information content (AvgIpc) is 2.28. The number of nitrogens with one attached hydrogen (secondary N) is 1. The van der Waals surface area contributed by atoms with Crippen LogP contribution in [0, 0.1) is 24.7 Å². The maximum Gasteiger partial charge on any atom is 0.0660 e. The molecule has 1 aliphatic carbocycles. The molecule has 3 heteroatoms. The quantitative estimate of drug-likeness (QED) is 0.638. The van der Waals surface area contributed by atoms with Crippen molar-refractivity contribution < 1.29 is 0 Å². The summed E-state index contributed by atoms with van der Waals surface area (Å²) in [5.74, 6) is 7.97. The Labute approximate surface area is 110 Å². The van der Waals surface area contributed by atoms with Crippen molar-refractivity contribution in [2.75, 3.05) is 0 Å². The fourth-order valence-corrected chi connectivity index (χ4v) is 3.48. The van der Waals surface area contributed by atoms with Crippen molar-refractivity contribution in [2.24, 2.45) is 23.6 Å². The van der Waals surface area contributed by atoms with Gasteiger partial charge in [-0.15, -0.1) is 0 Å². The van der Waals surface area contributed by atoms with Crippen LogP contribution in [-0.4, -0.2) is 4.98 Å². The minimum Gasteiger partial charge on any atom is -0.271 e. The maximum absolute atomic E-state index is 5.79. The molecule has 1 saturated carbocycles. The van der Waals surface area contributed by atoms with E-state index in [1.54, 1.807) is 0 Å². The molecule has 0 aliphatic heterocycles. The van der Waals surface area contributed by atoms with Gasteiger partial charge in [0.05, 0.1) is 11.7 Å². The normalized spacial score (nSPS) is 30.1. The molecule has 0 aromatic carbocycles. The number of hydrazine groups is 1. The van der Waals surface area contributed by atoms with Crippen LogP contribution < -0.4 is 11.3 Å². The summed E-state index contributed by atoms with van der Waals surface area (Å²) in [5.41, 5.74) is 5.14. The van der Waals surface area contributed by atoms with E-state index < -0.39 is 0 Å². The molecule has 3 N–H and O–H groups in total. The fourth-order valence-electron chi connectivity index (χ4n) is 3.48. The summed E-state index contributed by atoms with van der Waals surface area (Å²) in [6.07, 6.45) is 3.83. The summed E-state index contributed by atoms with van der Waals surface area (Å²) in [6, 6.07) is 6.37. The molecule has 0 bridgehead atoms. The Hall–Kier alpha value is -0.930. The highest BCUT2D eigenvalue weighted by atomic mass is 15.2. The van der Waals surface area contributed by atoms with Crippen molar-refractivity contribution >= 4 is 0 Å². The van der Waals surface area contributed by atoms with E-state index in [1.165, 1.54) is 19.3 Å². The van der Waals surface area contributed by atoms with Crippen molar-refractivity contribution in [3.63, 3.8) is 0 Å². The van der Waals surface area contributed by atoms with Crippen LogP contribution >= 0.6 is 0 Å². The second-order valence-corrected chi connectivity index (χ2v) is 6.03. The number of aryl methyl sites for hydroxylation is 1. The second-order valence-electron chi connectivity index (χ2n) is 6.03. The smallest absolute Gasteiger partial charge is 0.0660 e. The Bertz CT molecular complexity index is 381. The van der Waals surface area contributed by atoms with Crippen molar-refractivity contribution in [3.8, 4) is 0 Å². The molecule has 1 heterocycles. The molecule has 1 aromatic heterocycles. The SMILES string of the molecule is Cc1cccc(C(NN)C2CC(C)CC(C)C2)n1. The monoisotopic (exact) mass is 247 g/mol. The number of nitrogens with two attached hydrogens (primary N) is 1. The molecule has 2 rings (SSSR count). The second kappa shape index (κ2) is 5.81. The zero-order chi connectivity index (χ0) is 13.1. The molecule has 0 radical (unpaired) electrons. The molecule has 0 saturated heterocycles. The van der Waals surface area contributed by atoms with Gasteiger partial charge in [-0.2, -0.15) is 0 Å². The highest BCUT2D eigenvalue weighted by Gasteiger charge is 2.31. The lowest BCUT2D eigenvalue weighted by Crippen LogP contribution is -2.37. The third-order valence-corrected chi connectivity index (χ3v) is 4.09. The van der Waals surface area contributed by atoms with Crippen LogP contribution in [0.1, 0.15) is 50.5 Å². The zero-order valence-corrected chi connectivity index (χ0v) is 11.7. The van der Waals surface area contributed by atoms with Crippen LogP contribution in [-0.2, 0) is 0 Å². The van der Waals surface area contributed by atoms with Gasteiger partial charge in [-0.1, -0.05) is 19.9 Å². The summed E-state index contributed by atoms with van der Waals surface area (Å²) < 4.78 is 0. The highest BCUT2D eigenvalue weighted by molar-refractivity contribution is 5.14. The first-order valence-corrected chi connectivity index (χ1v) is 6.99. The molecule has 18 heavy (non-hydrogen) atoms. The van der Waals surface area contributed by atoms with Gasteiger partial charge in [-0.25, -0.2) is 0 Å². The largest absolute Gasteiger partial charge is 0.271 e. The predicted molar refractivity (Wildman–Crippen MR) is 74.7 cm³/mol. The van der Waals surface area contributed by atoms with E-state index in [0.29, 0.717) is 5.92 Å². The maximum atomic E-state index is 5.79. The van der Waals surface area contributed by atoms with E-state index in [-0.39, 0.29) is 6.04 Å². The number of nitrogens with zero attached hydrogens (tertiary/aromatic N) is 1. The van der Waals surface area contributed by atoms with Gasteiger partial charge in [-0.3, -0.25) is 16.3 Å². The molecule has 0 spiro atoms. The molecular weight excluding hydrogens is 222 g/mol. The molecule has 0 amide bonds. The van der Waals surface area contributed by atoms with Crippen LogP contribution in [0.25, 0.3) is 0 Å². The highest BCUT2D eigenvalue weighted by Crippen LogP contribution is 2.39. The van der Waals surface area contributed by atoms with Crippen molar-refractivity contribution in [3.05, 3.63) is 29.6 Å². The predicted octanol–water partition coefficient (Wildman–Crippen LogP) is 2.97. The molecule has 3 unspecified atom stereocenters. The van der Waals surface area contributed by atoms with Gasteiger partial charge in [-0.05, 0) is 56.1 Å². The Morgan fingerprint density at radius 2 is 1.89 bits per heavy atom. The van der Waals surface area contributed by atoms with Gasteiger partial charge in [0.15, 0.2) is 0 Å². The first-order valence-electron chi connectivity index (χ1n) is 6.99. The number of hydrogen-bond donors (Lipinski definition) is 2. The Kier molecular flexibility index (Phi) is 4.36. The molecule has 3 atom stereocenters. The third-order valence-electron chi connectivity index (χ3n) is 4.09. The summed E-state index contributed by atoms with van der Waals surface area (Å²) in [5, 5.41) is 0. The van der Waals surface area contributed by atoms with Crippen LogP contribution in [0.5, 0.6) is 0 Å². The van der Waals surface area contributed by atoms with Gasteiger partial charge in [0.1, 0.15) is 0 Å². The summed E-state index contributed by atoms with van der Waals surface area (Å²) in [7, 11) is 0. The topological polar surface area (TPSA) is 50.9 Å². The van der Waals surface area contributed by atoms with Crippen LogP contribution in [0.3, 0.4) is 0 Å². The molecule has 1 aliphatic rings. The van der Waals surface area contributed by atoms with Crippen molar-refractivity contribution in [1.82, 2.24) is 10.4 Å². The van der Waals surface area contributed by atoms with E-state index in [9.17, 15) is 0 Å². The lowest BCUT2D eigenvalue weighted by atomic mass is 9.73. The first-order chi connectivity index (χ1) is 8.60. The molecule has 100 valence electrons. The fraction of sp³-hybridized carbons (Fsp3) is 0.667. The zero-order valence-electron chi connectivity index (χ0n) is 11.7. The van der Waals surface area contributed by atoms with Crippen LogP contribution in [0.4, 0.5) is 0 Å². The first kappa shape index (κ1) is 13.5. The van der Waals surface area contributed by atoms with Crippen LogP contribution in [0.2, 0.25) is 0 Å². The van der Waals surface area contributed by atoms with Crippen molar-refractivity contribution in [1.29, 1.82) is 0 Å². The Morgan fingerprint density at radius 1 is 1.22 bits per heavy atom. The Morgan fingerprint density at radius 3 is 2.44 bits per heavy atom. The molecule has 1 aromatic rings. The van der Waals surface area contributed by atoms with E-state index in [0.717, 1.165) is 23.2 Å². The van der Waals surface area contributed by atoms with Gasteiger partial charge < -0.3 is 0 Å². The van der Waals surface area contributed by atoms with E-state index >= 15 is 0 Å². The number of rotatable bonds is 3. The van der Waals surface area contributed by atoms with E-state index in [2.05, 4.69) is 36.4 Å². The van der Waals surface area contributed by atoms with Crippen molar-refractivity contribution in [2.45, 2.75) is 46.1 Å². The number of hydrogen-bond acceptors (Lipinski definition) is 3. The minimum absolute atomic E-state index is 0.190. The number of aromatic nitrogens is 1. The van der Waals surface area contributed by atoms with Gasteiger partial charge in [0.25, 0.3) is 0 Å². The van der Waals surface area contributed by atoms with Gasteiger partial charge in [0.2, 0.25) is 0 Å². The minimum atomic E-state index is 0.190. The summed E-state index contributed by atoms with van der Waals surface area (Å²) in [6.45, 7) is 6.73. The lowest BCUT2D eigenvalue weighted by Gasteiger charge is -2.36. The molecule has 1 fully saturated rings. The standard InChI is InChI=1S/C15H25N3/c1-10-7-11(2)9-13(8-10)15(18-16)14-6-4-5-12(3)17-14/h4-6,10-11,13,15,18H,7-9,16H2,1-3H3. The molecule has 3 nitrogen and oxygen atoms in total. The summed E-state index contributed by atoms with van der Waals surface area (Å²) >= 11 is 0. The average molecular weight is 247 g/mol. The van der Waals surface area contributed by atoms with E-state index in [4.69, 9.17) is 5.84 Å². The third kappa shape index (κ3) is 3.09. The lowest BCUT2D eigenvalue weighted by molar-refractivity contribution is 0.175.